The molecular formula is C20H20N2O5S2. The number of aryl methyl sites for hydroxylation is 1. The molecule has 1 heterocycles. The lowest BCUT2D eigenvalue weighted by Crippen LogP contribution is -2.18. The number of ether oxygens (including phenoxy) is 2. The third-order valence-corrected chi connectivity index (χ3v) is 6.91. The van der Waals surface area contributed by atoms with Crippen molar-refractivity contribution in [3.8, 4) is 11.5 Å². The predicted octanol–water partition coefficient (Wildman–Crippen LogP) is 4.13. The number of carbonyl (C=O) groups is 1. The van der Waals surface area contributed by atoms with E-state index in [1.165, 1.54) is 26.4 Å². The number of methoxy groups -OCH3 is 2. The smallest absolute Gasteiger partial charge is 0.271 e. The molecule has 0 atom stereocenters. The quantitative estimate of drug-likeness (QED) is 0.586. The van der Waals surface area contributed by atoms with Crippen molar-refractivity contribution in [1.82, 2.24) is 0 Å². The number of benzene rings is 2. The van der Waals surface area contributed by atoms with Crippen LogP contribution in [-0.2, 0) is 10.0 Å². The molecule has 0 saturated carbocycles. The van der Waals surface area contributed by atoms with Crippen LogP contribution >= 0.6 is 11.3 Å². The Kier molecular flexibility index (Phi) is 6.09. The van der Waals surface area contributed by atoms with E-state index in [-0.39, 0.29) is 15.5 Å². The van der Waals surface area contributed by atoms with Crippen molar-refractivity contribution in [3.63, 3.8) is 0 Å². The Labute approximate surface area is 173 Å². The molecule has 3 rings (SSSR count). The van der Waals surface area contributed by atoms with Gasteiger partial charge in [-0.15, -0.1) is 11.3 Å². The number of para-hydroxylation sites is 1. The Bertz CT molecular complexity index is 1140. The number of hydrogen-bond donors (Lipinski definition) is 2. The van der Waals surface area contributed by atoms with Crippen LogP contribution in [0.3, 0.4) is 0 Å². The first-order valence-corrected chi connectivity index (χ1v) is 10.9. The Morgan fingerprint density at radius 2 is 1.72 bits per heavy atom. The Hall–Kier alpha value is -3.04. The number of sulfonamides is 1. The average Bonchev–Trinajstić information content (AvgIpc) is 3.15. The largest absolute Gasteiger partial charge is 0.497 e. The first-order chi connectivity index (χ1) is 13.8. The van der Waals surface area contributed by atoms with Gasteiger partial charge in [0, 0.05) is 10.9 Å². The summed E-state index contributed by atoms with van der Waals surface area (Å²) in [6, 6.07) is 14.6. The van der Waals surface area contributed by atoms with E-state index in [4.69, 9.17) is 9.47 Å². The van der Waals surface area contributed by atoms with E-state index in [0.717, 1.165) is 16.2 Å². The van der Waals surface area contributed by atoms with Crippen molar-refractivity contribution in [2.75, 3.05) is 24.3 Å². The molecule has 29 heavy (non-hydrogen) atoms. The summed E-state index contributed by atoms with van der Waals surface area (Å²) < 4.78 is 38.4. The fourth-order valence-corrected chi connectivity index (χ4v) is 4.98. The summed E-state index contributed by atoms with van der Waals surface area (Å²) in [5.41, 5.74) is 0.801. The maximum Gasteiger partial charge on any atom is 0.271 e. The molecule has 0 spiro atoms. The van der Waals surface area contributed by atoms with Gasteiger partial charge in [0.2, 0.25) is 0 Å². The van der Waals surface area contributed by atoms with Gasteiger partial charge in [0.25, 0.3) is 15.9 Å². The molecule has 9 heteroatoms. The number of thiophene rings is 1. The molecule has 1 amide bonds. The molecule has 7 nitrogen and oxygen atoms in total. The van der Waals surface area contributed by atoms with E-state index in [9.17, 15) is 13.2 Å². The monoisotopic (exact) mass is 432 g/mol. The van der Waals surface area contributed by atoms with Crippen LogP contribution in [0.25, 0.3) is 0 Å². The van der Waals surface area contributed by atoms with Crippen molar-refractivity contribution in [3.05, 3.63) is 65.0 Å². The van der Waals surface area contributed by atoms with Crippen LogP contribution in [0.1, 0.15) is 15.2 Å². The second-order valence-corrected chi connectivity index (χ2v) is 9.23. The van der Waals surface area contributed by atoms with Crippen LogP contribution in [0, 0.1) is 6.92 Å². The van der Waals surface area contributed by atoms with Gasteiger partial charge < -0.3 is 14.8 Å². The zero-order chi connectivity index (χ0) is 21.0. The first kappa shape index (κ1) is 20.7. The van der Waals surface area contributed by atoms with Gasteiger partial charge in [0.15, 0.2) is 0 Å². The number of amides is 1. The van der Waals surface area contributed by atoms with Crippen molar-refractivity contribution in [2.45, 2.75) is 11.1 Å². The van der Waals surface area contributed by atoms with E-state index in [1.807, 2.05) is 6.92 Å². The van der Waals surface area contributed by atoms with E-state index < -0.39 is 15.9 Å². The highest BCUT2D eigenvalue weighted by atomic mass is 32.2. The van der Waals surface area contributed by atoms with Crippen molar-refractivity contribution in [2.24, 2.45) is 0 Å². The fourth-order valence-electron chi connectivity index (χ4n) is 2.61. The lowest BCUT2D eigenvalue weighted by atomic mass is 10.1. The second kappa shape index (κ2) is 8.54. The molecular weight excluding hydrogens is 412 g/mol. The van der Waals surface area contributed by atoms with Gasteiger partial charge in [-0.1, -0.05) is 12.1 Å². The predicted molar refractivity (Wildman–Crippen MR) is 114 cm³/mol. The molecule has 2 aromatic carbocycles. The van der Waals surface area contributed by atoms with Gasteiger partial charge in [-0.3, -0.25) is 9.52 Å². The summed E-state index contributed by atoms with van der Waals surface area (Å²) >= 11 is 1.16. The molecule has 0 aliphatic heterocycles. The van der Waals surface area contributed by atoms with Gasteiger partial charge >= 0.3 is 0 Å². The van der Waals surface area contributed by atoms with Gasteiger partial charge in [-0.2, -0.15) is 0 Å². The summed E-state index contributed by atoms with van der Waals surface area (Å²) in [5, 5.41) is 2.75. The SMILES string of the molecule is COc1ccc(NC(=O)c2ccccc2NS(=O)(=O)c2ccc(C)s2)c(OC)c1. The molecule has 3 aromatic rings. The standard InChI is InChI=1S/C20H20N2O5S2/c1-13-8-11-19(28-13)29(24,25)22-16-7-5-4-6-15(16)20(23)21-17-10-9-14(26-2)12-18(17)27-3/h4-12,22H,1-3H3,(H,21,23). The zero-order valence-electron chi connectivity index (χ0n) is 16.1. The maximum absolute atomic E-state index is 12.9. The number of carbonyl (C=O) groups excluding carboxylic acids is 1. The van der Waals surface area contributed by atoms with Crippen LogP contribution in [0.15, 0.2) is 58.8 Å². The van der Waals surface area contributed by atoms with E-state index in [0.29, 0.717) is 17.2 Å². The molecule has 152 valence electrons. The van der Waals surface area contributed by atoms with Crippen molar-refractivity contribution < 1.29 is 22.7 Å². The van der Waals surface area contributed by atoms with Gasteiger partial charge in [-0.25, -0.2) is 8.42 Å². The third kappa shape index (κ3) is 4.69. The molecule has 0 aliphatic rings. The molecule has 2 N–H and O–H groups in total. The van der Waals surface area contributed by atoms with Crippen molar-refractivity contribution >= 4 is 38.6 Å². The highest BCUT2D eigenvalue weighted by Crippen LogP contribution is 2.30. The zero-order valence-corrected chi connectivity index (χ0v) is 17.7. The Morgan fingerprint density at radius 3 is 2.38 bits per heavy atom. The van der Waals surface area contributed by atoms with Crippen LogP contribution in [0.2, 0.25) is 0 Å². The van der Waals surface area contributed by atoms with Crippen molar-refractivity contribution in [1.29, 1.82) is 0 Å². The van der Waals surface area contributed by atoms with E-state index in [2.05, 4.69) is 10.0 Å². The maximum atomic E-state index is 12.9. The number of hydrogen-bond acceptors (Lipinski definition) is 6. The first-order valence-electron chi connectivity index (χ1n) is 8.55. The van der Waals surface area contributed by atoms with Crippen LogP contribution in [-0.4, -0.2) is 28.5 Å². The minimum absolute atomic E-state index is 0.182. The molecule has 1 aromatic heterocycles. The lowest BCUT2D eigenvalue weighted by Gasteiger charge is -2.14. The number of rotatable bonds is 7. The normalized spacial score (nSPS) is 11.0. The van der Waals surface area contributed by atoms with Gasteiger partial charge in [0.05, 0.1) is 31.2 Å². The Balaban J connectivity index is 1.88. The summed E-state index contributed by atoms with van der Waals surface area (Å²) in [5.74, 6) is 0.526. The average molecular weight is 433 g/mol. The topological polar surface area (TPSA) is 93.7 Å². The molecule has 0 unspecified atom stereocenters. The highest BCUT2D eigenvalue weighted by Gasteiger charge is 2.20. The molecule has 0 radical (unpaired) electrons. The summed E-state index contributed by atoms with van der Waals surface area (Å²) in [4.78, 5) is 13.7. The van der Waals surface area contributed by atoms with Gasteiger partial charge in [0.1, 0.15) is 15.7 Å². The van der Waals surface area contributed by atoms with Crippen LogP contribution in [0.5, 0.6) is 11.5 Å². The lowest BCUT2D eigenvalue weighted by molar-refractivity contribution is 0.102. The van der Waals surface area contributed by atoms with Gasteiger partial charge in [-0.05, 0) is 43.3 Å². The van der Waals surface area contributed by atoms with Crippen LogP contribution < -0.4 is 19.5 Å². The fraction of sp³-hybridized carbons (Fsp3) is 0.150. The third-order valence-electron chi connectivity index (χ3n) is 4.05. The summed E-state index contributed by atoms with van der Waals surface area (Å²) in [6.07, 6.45) is 0. The minimum Gasteiger partial charge on any atom is -0.497 e. The molecule has 0 fully saturated rings. The molecule has 0 bridgehead atoms. The molecule has 0 aliphatic carbocycles. The second-order valence-electron chi connectivity index (χ2n) is 6.04. The number of anilines is 2. The molecule has 0 saturated heterocycles. The highest BCUT2D eigenvalue weighted by molar-refractivity contribution is 7.94. The minimum atomic E-state index is -3.80. The summed E-state index contributed by atoms with van der Waals surface area (Å²) in [6.45, 7) is 1.83. The van der Waals surface area contributed by atoms with E-state index in [1.54, 1.807) is 42.5 Å². The summed E-state index contributed by atoms with van der Waals surface area (Å²) in [7, 11) is -0.782. The van der Waals surface area contributed by atoms with E-state index >= 15 is 0 Å². The van der Waals surface area contributed by atoms with Crippen LogP contribution in [0.4, 0.5) is 11.4 Å². The number of nitrogens with one attached hydrogen (secondary N) is 2. The Morgan fingerprint density at radius 1 is 0.966 bits per heavy atom.